The Hall–Kier alpha value is -0.940. The molecule has 0 radical (unpaired) electrons. The lowest BCUT2D eigenvalue weighted by molar-refractivity contribution is -0.122. The Balaban J connectivity index is 1.98. The highest BCUT2D eigenvalue weighted by atomic mass is 32.1. The highest BCUT2D eigenvalue weighted by molar-refractivity contribution is 7.13. The number of anilines is 1. The lowest BCUT2D eigenvalue weighted by Crippen LogP contribution is -2.35. The van der Waals surface area contributed by atoms with Crippen molar-refractivity contribution in [2.24, 2.45) is 17.6 Å². The van der Waals surface area contributed by atoms with Gasteiger partial charge >= 0.3 is 0 Å². The predicted molar refractivity (Wildman–Crippen MR) is 70.0 cm³/mol. The van der Waals surface area contributed by atoms with E-state index in [9.17, 15) is 4.79 Å². The average Bonchev–Trinajstić information content (AvgIpc) is 2.74. The monoisotopic (exact) mass is 253 g/mol. The summed E-state index contributed by atoms with van der Waals surface area (Å²) in [5, 5.41) is 5.55. The van der Waals surface area contributed by atoms with Gasteiger partial charge in [0.15, 0.2) is 5.13 Å². The van der Waals surface area contributed by atoms with Gasteiger partial charge in [-0.05, 0) is 32.2 Å². The Morgan fingerprint density at radius 3 is 3.00 bits per heavy atom. The number of amides is 1. The summed E-state index contributed by atoms with van der Waals surface area (Å²) in [7, 11) is 0. The fourth-order valence-electron chi connectivity index (χ4n) is 2.44. The van der Waals surface area contributed by atoms with Crippen LogP contribution in [0.3, 0.4) is 0 Å². The van der Waals surface area contributed by atoms with Crippen molar-refractivity contribution in [2.45, 2.75) is 32.6 Å². The van der Waals surface area contributed by atoms with Gasteiger partial charge in [-0.1, -0.05) is 12.8 Å². The number of carbonyl (C=O) groups is 1. The number of nitrogens with zero attached hydrogens (tertiary/aromatic N) is 1. The number of rotatable bonds is 3. The summed E-state index contributed by atoms with van der Waals surface area (Å²) in [6, 6.07) is 0. The minimum Gasteiger partial charge on any atom is -0.330 e. The van der Waals surface area contributed by atoms with E-state index in [4.69, 9.17) is 5.73 Å². The molecule has 94 valence electrons. The number of nitrogens with two attached hydrogens (primary N) is 1. The molecule has 1 aromatic heterocycles. The SMILES string of the molecule is Cc1csc(NC(=O)C2CCCCC2CN)n1. The van der Waals surface area contributed by atoms with Crippen molar-refractivity contribution in [3.8, 4) is 0 Å². The minimum absolute atomic E-state index is 0.0676. The van der Waals surface area contributed by atoms with Crippen LogP contribution in [0.15, 0.2) is 5.38 Å². The summed E-state index contributed by atoms with van der Waals surface area (Å²) in [4.78, 5) is 16.4. The molecule has 0 bridgehead atoms. The first-order valence-electron chi connectivity index (χ1n) is 6.13. The Morgan fingerprint density at radius 2 is 2.35 bits per heavy atom. The van der Waals surface area contributed by atoms with E-state index >= 15 is 0 Å². The number of aromatic nitrogens is 1. The standard InChI is InChI=1S/C12H19N3OS/c1-8-7-17-12(14-8)15-11(16)10-5-3-2-4-9(10)6-13/h7,9-10H,2-6,13H2,1H3,(H,14,15,16). The second-order valence-corrected chi connectivity index (χ2v) is 5.53. The molecule has 0 aliphatic heterocycles. The molecule has 2 unspecified atom stereocenters. The third kappa shape index (κ3) is 3.04. The Bertz CT molecular complexity index is 391. The van der Waals surface area contributed by atoms with Crippen LogP contribution in [0.5, 0.6) is 0 Å². The summed E-state index contributed by atoms with van der Waals surface area (Å²) in [5.41, 5.74) is 6.68. The van der Waals surface area contributed by atoms with E-state index in [-0.39, 0.29) is 11.8 Å². The van der Waals surface area contributed by atoms with Crippen molar-refractivity contribution in [3.05, 3.63) is 11.1 Å². The van der Waals surface area contributed by atoms with Crippen molar-refractivity contribution in [3.63, 3.8) is 0 Å². The molecule has 1 amide bonds. The molecule has 3 N–H and O–H groups in total. The first-order chi connectivity index (χ1) is 8.20. The number of carbonyl (C=O) groups excluding carboxylic acids is 1. The van der Waals surface area contributed by atoms with Gasteiger partial charge in [0, 0.05) is 11.3 Å². The maximum Gasteiger partial charge on any atom is 0.229 e. The van der Waals surface area contributed by atoms with Gasteiger partial charge in [-0.2, -0.15) is 0 Å². The van der Waals surface area contributed by atoms with Gasteiger partial charge in [0.1, 0.15) is 0 Å². The van der Waals surface area contributed by atoms with Crippen molar-refractivity contribution in [1.29, 1.82) is 0 Å². The first-order valence-corrected chi connectivity index (χ1v) is 7.01. The molecule has 1 heterocycles. The third-order valence-electron chi connectivity index (χ3n) is 3.40. The predicted octanol–water partition coefficient (Wildman–Crippen LogP) is 2.16. The molecule has 1 aliphatic rings. The van der Waals surface area contributed by atoms with E-state index in [0.29, 0.717) is 17.6 Å². The van der Waals surface area contributed by atoms with Crippen molar-refractivity contribution in [1.82, 2.24) is 4.98 Å². The number of thiazole rings is 1. The van der Waals surface area contributed by atoms with Crippen LogP contribution in [0.2, 0.25) is 0 Å². The van der Waals surface area contributed by atoms with Crippen molar-refractivity contribution >= 4 is 22.4 Å². The van der Waals surface area contributed by atoms with Gasteiger partial charge in [0.25, 0.3) is 0 Å². The molecule has 17 heavy (non-hydrogen) atoms. The van der Waals surface area contributed by atoms with Crippen LogP contribution in [-0.4, -0.2) is 17.4 Å². The lowest BCUT2D eigenvalue weighted by Gasteiger charge is -2.29. The number of hydrogen-bond acceptors (Lipinski definition) is 4. The normalized spacial score (nSPS) is 24.6. The van der Waals surface area contributed by atoms with Crippen molar-refractivity contribution in [2.75, 3.05) is 11.9 Å². The van der Waals surface area contributed by atoms with E-state index in [0.717, 1.165) is 25.0 Å². The summed E-state index contributed by atoms with van der Waals surface area (Å²) in [6.07, 6.45) is 4.36. The molecular formula is C12H19N3OS. The number of hydrogen-bond donors (Lipinski definition) is 2. The molecule has 0 spiro atoms. The minimum atomic E-state index is 0.0676. The summed E-state index contributed by atoms with van der Waals surface area (Å²) in [6.45, 7) is 2.53. The fourth-order valence-corrected chi connectivity index (χ4v) is 3.14. The molecule has 2 rings (SSSR count). The number of aryl methyl sites for hydroxylation is 1. The van der Waals surface area contributed by atoms with Crippen LogP contribution in [0.4, 0.5) is 5.13 Å². The fraction of sp³-hybridized carbons (Fsp3) is 0.667. The second-order valence-electron chi connectivity index (χ2n) is 4.67. The Morgan fingerprint density at radius 1 is 1.59 bits per heavy atom. The zero-order valence-electron chi connectivity index (χ0n) is 10.1. The van der Waals surface area contributed by atoms with E-state index in [1.54, 1.807) is 0 Å². The highest BCUT2D eigenvalue weighted by Crippen LogP contribution is 2.30. The van der Waals surface area contributed by atoms with E-state index in [1.165, 1.54) is 17.8 Å². The molecule has 2 atom stereocenters. The highest BCUT2D eigenvalue weighted by Gasteiger charge is 2.30. The third-order valence-corrected chi connectivity index (χ3v) is 4.27. The van der Waals surface area contributed by atoms with Crippen LogP contribution < -0.4 is 11.1 Å². The molecular weight excluding hydrogens is 234 g/mol. The summed E-state index contributed by atoms with van der Waals surface area (Å²) < 4.78 is 0. The van der Waals surface area contributed by atoms with Crippen LogP contribution in [0.25, 0.3) is 0 Å². The largest absolute Gasteiger partial charge is 0.330 e. The maximum atomic E-state index is 12.1. The second kappa shape index (κ2) is 5.60. The van der Waals surface area contributed by atoms with E-state index in [1.807, 2.05) is 12.3 Å². The number of nitrogens with one attached hydrogen (secondary N) is 1. The molecule has 0 saturated heterocycles. The lowest BCUT2D eigenvalue weighted by atomic mass is 9.79. The van der Waals surface area contributed by atoms with Crippen molar-refractivity contribution < 1.29 is 4.79 Å². The first kappa shape index (κ1) is 12.5. The molecule has 5 heteroatoms. The van der Waals surface area contributed by atoms with Gasteiger partial charge in [-0.15, -0.1) is 11.3 Å². The zero-order valence-corrected chi connectivity index (χ0v) is 10.9. The maximum absolute atomic E-state index is 12.1. The van der Waals surface area contributed by atoms with Gasteiger partial charge < -0.3 is 11.1 Å². The van der Waals surface area contributed by atoms with Gasteiger partial charge in [0.05, 0.1) is 5.69 Å². The van der Waals surface area contributed by atoms with Crippen LogP contribution >= 0.6 is 11.3 Å². The van der Waals surface area contributed by atoms with Gasteiger partial charge in [-0.3, -0.25) is 4.79 Å². The molecule has 0 aromatic carbocycles. The van der Waals surface area contributed by atoms with Crippen LogP contribution in [-0.2, 0) is 4.79 Å². The molecule has 1 saturated carbocycles. The molecule has 4 nitrogen and oxygen atoms in total. The van der Waals surface area contributed by atoms with Gasteiger partial charge in [-0.25, -0.2) is 4.98 Å². The van der Waals surface area contributed by atoms with Crippen LogP contribution in [0.1, 0.15) is 31.4 Å². The topological polar surface area (TPSA) is 68.0 Å². The summed E-state index contributed by atoms with van der Waals surface area (Å²) in [5.74, 6) is 0.497. The average molecular weight is 253 g/mol. The van der Waals surface area contributed by atoms with E-state index < -0.39 is 0 Å². The van der Waals surface area contributed by atoms with E-state index in [2.05, 4.69) is 10.3 Å². The zero-order chi connectivity index (χ0) is 12.3. The Labute approximate surface area is 106 Å². The molecule has 1 aromatic rings. The van der Waals surface area contributed by atoms with Crippen LogP contribution in [0, 0.1) is 18.8 Å². The Kier molecular flexibility index (Phi) is 4.12. The smallest absolute Gasteiger partial charge is 0.229 e. The quantitative estimate of drug-likeness (QED) is 0.867. The molecule has 1 fully saturated rings. The van der Waals surface area contributed by atoms with Gasteiger partial charge in [0.2, 0.25) is 5.91 Å². The summed E-state index contributed by atoms with van der Waals surface area (Å²) >= 11 is 1.48. The molecule has 1 aliphatic carbocycles.